The van der Waals surface area contributed by atoms with Crippen molar-refractivity contribution in [3.8, 4) is 0 Å². The van der Waals surface area contributed by atoms with Crippen LogP contribution in [0.25, 0.3) is 0 Å². The molecule has 23 heavy (non-hydrogen) atoms. The lowest BCUT2D eigenvalue weighted by molar-refractivity contribution is -0.137. The first-order chi connectivity index (χ1) is 11.2. The molecule has 0 radical (unpaired) electrons. The molecule has 1 N–H and O–H groups in total. The van der Waals surface area contributed by atoms with E-state index >= 15 is 0 Å². The maximum atomic E-state index is 12.8. The number of piperidine rings is 2. The van der Waals surface area contributed by atoms with E-state index in [1.54, 1.807) is 0 Å². The third-order valence-electron chi connectivity index (χ3n) is 5.17. The van der Waals surface area contributed by atoms with Crippen LogP contribution in [0.3, 0.4) is 0 Å². The van der Waals surface area contributed by atoms with E-state index in [9.17, 15) is 9.90 Å². The Morgan fingerprint density at radius 1 is 1.26 bits per heavy atom. The Morgan fingerprint density at radius 3 is 2.70 bits per heavy atom. The maximum Gasteiger partial charge on any atom is 0.227 e. The molecule has 0 bridgehead atoms. The number of pyridine rings is 1. The van der Waals surface area contributed by atoms with Crippen molar-refractivity contribution < 1.29 is 9.90 Å². The molecule has 1 unspecified atom stereocenters. The summed E-state index contributed by atoms with van der Waals surface area (Å²) in [6.07, 6.45) is 5.76. The molecule has 2 aliphatic rings. The highest BCUT2D eigenvalue weighted by atomic mass is 16.3. The minimum absolute atomic E-state index is 0.0810. The van der Waals surface area contributed by atoms with Gasteiger partial charge in [-0.2, -0.15) is 0 Å². The number of nitrogens with zero attached hydrogens (tertiary/aromatic N) is 3. The van der Waals surface area contributed by atoms with E-state index in [1.165, 1.54) is 0 Å². The molecule has 3 rings (SSSR count). The lowest BCUT2D eigenvalue weighted by Gasteiger charge is -2.38. The average Bonchev–Trinajstić information content (AvgIpc) is 2.62. The quantitative estimate of drug-likeness (QED) is 0.924. The van der Waals surface area contributed by atoms with Crippen LogP contribution >= 0.6 is 0 Å². The second-order valence-electron chi connectivity index (χ2n) is 6.93. The van der Waals surface area contributed by atoms with Crippen molar-refractivity contribution in [1.82, 2.24) is 9.88 Å². The summed E-state index contributed by atoms with van der Waals surface area (Å²) in [6.45, 7) is 5.63. The highest BCUT2D eigenvalue weighted by Crippen LogP contribution is 2.25. The number of likely N-dealkylation sites (tertiary alicyclic amines) is 1. The monoisotopic (exact) mass is 317 g/mol. The third kappa shape index (κ3) is 3.83. The van der Waals surface area contributed by atoms with Gasteiger partial charge in [-0.05, 0) is 50.2 Å². The van der Waals surface area contributed by atoms with Crippen molar-refractivity contribution in [1.29, 1.82) is 0 Å². The van der Waals surface area contributed by atoms with E-state index in [1.807, 2.05) is 18.0 Å². The summed E-state index contributed by atoms with van der Waals surface area (Å²) < 4.78 is 0. The Bertz CT molecular complexity index is 524. The van der Waals surface area contributed by atoms with Gasteiger partial charge >= 0.3 is 0 Å². The Labute approximate surface area is 138 Å². The zero-order valence-electron chi connectivity index (χ0n) is 13.9. The van der Waals surface area contributed by atoms with Crippen LogP contribution in [-0.2, 0) is 4.79 Å². The number of aryl methyl sites for hydroxylation is 1. The van der Waals surface area contributed by atoms with Crippen LogP contribution in [0, 0.1) is 18.8 Å². The van der Waals surface area contributed by atoms with Crippen LogP contribution in [-0.4, -0.2) is 53.7 Å². The molecule has 0 aliphatic carbocycles. The molecule has 1 amide bonds. The predicted octanol–water partition coefficient (Wildman–Crippen LogP) is 1.84. The number of aromatic nitrogens is 1. The second-order valence-corrected chi connectivity index (χ2v) is 6.93. The summed E-state index contributed by atoms with van der Waals surface area (Å²) in [7, 11) is 0. The summed E-state index contributed by atoms with van der Waals surface area (Å²) in [6, 6.07) is 4.13. The van der Waals surface area contributed by atoms with Gasteiger partial charge < -0.3 is 14.9 Å². The Hall–Kier alpha value is -1.62. The fourth-order valence-corrected chi connectivity index (χ4v) is 3.63. The van der Waals surface area contributed by atoms with Gasteiger partial charge in [-0.15, -0.1) is 0 Å². The second kappa shape index (κ2) is 7.30. The van der Waals surface area contributed by atoms with E-state index < -0.39 is 0 Å². The number of hydrogen-bond donors (Lipinski definition) is 1. The van der Waals surface area contributed by atoms with Crippen molar-refractivity contribution in [2.24, 2.45) is 11.8 Å². The molecule has 2 saturated heterocycles. The number of aliphatic hydroxyl groups excluding tert-OH is 1. The number of carbonyl (C=O) groups excluding carboxylic acids is 1. The highest BCUT2D eigenvalue weighted by Gasteiger charge is 2.31. The molecule has 0 spiro atoms. The standard InChI is InChI=1S/C18H27N3O2/c1-14-4-5-17(19-11-14)21-8-2-3-16(12-21)18(23)20-9-6-15(13-22)7-10-20/h4-5,11,15-16,22H,2-3,6-10,12-13H2,1H3. The van der Waals surface area contributed by atoms with Crippen molar-refractivity contribution in [2.75, 3.05) is 37.7 Å². The van der Waals surface area contributed by atoms with E-state index in [4.69, 9.17) is 0 Å². The molecule has 126 valence electrons. The van der Waals surface area contributed by atoms with Crippen LogP contribution in [0.2, 0.25) is 0 Å². The van der Waals surface area contributed by atoms with Gasteiger partial charge in [-0.1, -0.05) is 6.07 Å². The Morgan fingerprint density at radius 2 is 2.04 bits per heavy atom. The van der Waals surface area contributed by atoms with Crippen LogP contribution in [0.4, 0.5) is 5.82 Å². The fourth-order valence-electron chi connectivity index (χ4n) is 3.63. The molecular weight excluding hydrogens is 290 g/mol. The minimum Gasteiger partial charge on any atom is -0.396 e. The van der Waals surface area contributed by atoms with Gasteiger partial charge in [0.1, 0.15) is 5.82 Å². The third-order valence-corrected chi connectivity index (χ3v) is 5.17. The largest absolute Gasteiger partial charge is 0.396 e. The first-order valence-electron chi connectivity index (χ1n) is 8.74. The molecular formula is C18H27N3O2. The molecule has 5 nitrogen and oxygen atoms in total. The van der Waals surface area contributed by atoms with Gasteiger partial charge in [0.05, 0.1) is 5.92 Å². The lowest BCUT2D eigenvalue weighted by atomic mass is 9.93. The van der Waals surface area contributed by atoms with Gasteiger partial charge in [-0.3, -0.25) is 4.79 Å². The molecule has 1 aromatic heterocycles. The molecule has 2 aliphatic heterocycles. The van der Waals surface area contributed by atoms with Crippen LogP contribution < -0.4 is 4.90 Å². The van der Waals surface area contributed by atoms with Crippen LogP contribution in [0.1, 0.15) is 31.2 Å². The molecule has 0 saturated carbocycles. The van der Waals surface area contributed by atoms with Crippen molar-refractivity contribution in [3.63, 3.8) is 0 Å². The Kier molecular flexibility index (Phi) is 5.16. The number of hydrogen-bond acceptors (Lipinski definition) is 4. The number of amides is 1. The van der Waals surface area contributed by atoms with E-state index in [2.05, 4.69) is 22.0 Å². The number of carbonyl (C=O) groups is 1. The van der Waals surface area contributed by atoms with Crippen LogP contribution in [0.5, 0.6) is 0 Å². The zero-order chi connectivity index (χ0) is 16.2. The minimum atomic E-state index is 0.0810. The number of rotatable bonds is 3. The van der Waals surface area contributed by atoms with E-state index in [0.717, 1.165) is 63.2 Å². The summed E-state index contributed by atoms with van der Waals surface area (Å²) in [4.78, 5) is 21.5. The summed E-state index contributed by atoms with van der Waals surface area (Å²) >= 11 is 0. The normalized spacial score (nSPS) is 23.1. The Balaban J connectivity index is 1.59. The summed E-state index contributed by atoms with van der Waals surface area (Å²) in [5.41, 5.74) is 1.16. The molecule has 2 fully saturated rings. The SMILES string of the molecule is Cc1ccc(N2CCCC(C(=O)N3CCC(CO)CC3)C2)nc1. The average molecular weight is 317 g/mol. The van der Waals surface area contributed by atoms with Crippen LogP contribution in [0.15, 0.2) is 18.3 Å². The molecule has 3 heterocycles. The van der Waals surface area contributed by atoms with Gasteiger partial charge in [0, 0.05) is 39.0 Å². The molecule has 1 atom stereocenters. The van der Waals surface area contributed by atoms with Crippen molar-refractivity contribution >= 4 is 11.7 Å². The molecule has 1 aromatic rings. The highest BCUT2D eigenvalue weighted by molar-refractivity contribution is 5.79. The number of anilines is 1. The first kappa shape index (κ1) is 16.2. The van der Waals surface area contributed by atoms with Gasteiger partial charge in [-0.25, -0.2) is 4.98 Å². The van der Waals surface area contributed by atoms with E-state index in [-0.39, 0.29) is 12.5 Å². The van der Waals surface area contributed by atoms with Crippen molar-refractivity contribution in [2.45, 2.75) is 32.6 Å². The predicted molar refractivity (Wildman–Crippen MR) is 90.3 cm³/mol. The maximum absolute atomic E-state index is 12.8. The topological polar surface area (TPSA) is 56.7 Å². The smallest absolute Gasteiger partial charge is 0.227 e. The molecule has 5 heteroatoms. The van der Waals surface area contributed by atoms with Gasteiger partial charge in [0.15, 0.2) is 0 Å². The van der Waals surface area contributed by atoms with Crippen molar-refractivity contribution in [3.05, 3.63) is 23.9 Å². The first-order valence-corrected chi connectivity index (χ1v) is 8.74. The summed E-state index contributed by atoms with van der Waals surface area (Å²) in [5.74, 6) is 1.72. The van der Waals surface area contributed by atoms with Gasteiger partial charge in [0.25, 0.3) is 0 Å². The lowest BCUT2D eigenvalue weighted by Crippen LogP contribution is -2.47. The zero-order valence-corrected chi connectivity index (χ0v) is 13.9. The number of aliphatic hydroxyl groups is 1. The van der Waals surface area contributed by atoms with Gasteiger partial charge in [0.2, 0.25) is 5.91 Å². The summed E-state index contributed by atoms with van der Waals surface area (Å²) in [5, 5.41) is 9.23. The van der Waals surface area contributed by atoms with E-state index in [0.29, 0.717) is 11.8 Å². The molecule has 0 aromatic carbocycles. The fraction of sp³-hybridized carbons (Fsp3) is 0.667.